The van der Waals surface area contributed by atoms with E-state index in [2.05, 4.69) is 12.2 Å². The summed E-state index contributed by atoms with van der Waals surface area (Å²) in [5, 5.41) is 2.94. The molecular weight excluding hydrogens is 229 g/mol. The fourth-order valence-corrected chi connectivity index (χ4v) is 2.16. The Hall–Kier alpha value is -1.39. The van der Waals surface area contributed by atoms with Crippen LogP contribution in [0.3, 0.4) is 0 Å². The molecule has 0 saturated heterocycles. The molecule has 1 aliphatic rings. The second kappa shape index (κ2) is 4.13. The summed E-state index contributed by atoms with van der Waals surface area (Å²) in [6, 6.07) is 4.01. The molecule has 0 radical (unpaired) electrons. The van der Waals surface area contributed by atoms with Crippen LogP contribution >= 0.6 is 0 Å². The highest BCUT2D eigenvalue weighted by molar-refractivity contribution is 5.59. The lowest BCUT2D eigenvalue weighted by atomic mass is 9.81. The maximum atomic E-state index is 12.8. The molecule has 17 heavy (non-hydrogen) atoms. The molecular formula is C12H15F3N2. The molecule has 0 aromatic heterocycles. The van der Waals surface area contributed by atoms with Gasteiger partial charge in [0.1, 0.15) is 0 Å². The Labute approximate surface area is 98.0 Å². The maximum Gasteiger partial charge on any atom is 0.418 e. The quantitative estimate of drug-likeness (QED) is 0.781. The molecule has 3 N–H and O–H groups in total. The first-order valence-electron chi connectivity index (χ1n) is 5.59. The predicted molar refractivity (Wildman–Crippen MR) is 61.7 cm³/mol. The minimum Gasteiger partial charge on any atom is -0.399 e. The Kier molecular flexibility index (Phi) is 2.93. The summed E-state index contributed by atoms with van der Waals surface area (Å²) in [5.74, 6) is 0.593. The molecule has 0 unspecified atom stereocenters. The van der Waals surface area contributed by atoms with Crippen LogP contribution in [0.1, 0.15) is 25.3 Å². The van der Waals surface area contributed by atoms with Gasteiger partial charge >= 0.3 is 6.18 Å². The standard InChI is InChI=1S/C12H15F3N2/c1-7-4-9(5-7)17-11-3-2-8(16)6-10(11)12(13,14)15/h2-3,6-7,9,17H,4-5,16H2,1H3. The van der Waals surface area contributed by atoms with Gasteiger partial charge in [0, 0.05) is 17.4 Å². The lowest BCUT2D eigenvalue weighted by Gasteiger charge is -2.34. The largest absolute Gasteiger partial charge is 0.418 e. The number of anilines is 2. The number of nitrogen functional groups attached to an aromatic ring is 1. The predicted octanol–water partition coefficient (Wildman–Crippen LogP) is 3.50. The molecule has 1 aromatic carbocycles. The Balaban J connectivity index is 2.21. The van der Waals surface area contributed by atoms with E-state index in [9.17, 15) is 13.2 Å². The molecule has 94 valence electrons. The van der Waals surface area contributed by atoms with Gasteiger partial charge in [-0.2, -0.15) is 13.2 Å². The Bertz CT molecular complexity index is 409. The van der Waals surface area contributed by atoms with Gasteiger partial charge in [0.15, 0.2) is 0 Å². The van der Waals surface area contributed by atoms with E-state index in [0.29, 0.717) is 5.92 Å². The summed E-state index contributed by atoms with van der Waals surface area (Å²) in [6.45, 7) is 2.09. The van der Waals surface area contributed by atoms with Gasteiger partial charge in [-0.15, -0.1) is 0 Å². The van der Waals surface area contributed by atoms with Crippen molar-refractivity contribution in [3.05, 3.63) is 23.8 Å². The van der Waals surface area contributed by atoms with Crippen LogP contribution in [-0.2, 0) is 6.18 Å². The van der Waals surface area contributed by atoms with Gasteiger partial charge < -0.3 is 11.1 Å². The molecule has 1 aliphatic carbocycles. The molecule has 0 amide bonds. The van der Waals surface area contributed by atoms with E-state index >= 15 is 0 Å². The first kappa shape index (κ1) is 12.1. The highest BCUT2D eigenvalue weighted by atomic mass is 19.4. The van der Waals surface area contributed by atoms with Gasteiger partial charge in [-0.25, -0.2) is 0 Å². The van der Waals surface area contributed by atoms with Gasteiger partial charge in [0.05, 0.1) is 5.56 Å². The van der Waals surface area contributed by atoms with Crippen LogP contribution in [-0.4, -0.2) is 6.04 Å². The molecule has 0 atom stereocenters. The third-order valence-corrected chi connectivity index (χ3v) is 3.08. The van der Waals surface area contributed by atoms with Crippen molar-refractivity contribution < 1.29 is 13.2 Å². The van der Waals surface area contributed by atoms with Crippen LogP contribution in [0.2, 0.25) is 0 Å². The Morgan fingerprint density at radius 2 is 1.94 bits per heavy atom. The molecule has 2 nitrogen and oxygen atoms in total. The minimum absolute atomic E-state index is 0.128. The topological polar surface area (TPSA) is 38.0 Å². The summed E-state index contributed by atoms with van der Waals surface area (Å²) >= 11 is 0. The maximum absolute atomic E-state index is 12.8. The van der Waals surface area contributed by atoms with E-state index in [0.717, 1.165) is 18.9 Å². The van der Waals surface area contributed by atoms with Crippen molar-refractivity contribution in [2.24, 2.45) is 5.92 Å². The van der Waals surface area contributed by atoms with Crippen LogP contribution in [0.5, 0.6) is 0 Å². The molecule has 2 rings (SSSR count). The van der Waals surface area contributed by atoms with Gasteiger partial charge in [-0.1, -0.05) is 6.92 Å². The number of hydrogen-bond acceptors (Lipinski definition) is 2. The van der Waals surface area contributed by atoms with Gasteiger partial charge in [0.2, 0.25) is 0 Å². The lowest BCUT2D eigenvalue weighted by molar-refractivity contribution is -0.136. The molecule has 0 heterocycles. The number of nitrogens with two attached hydrogens (primary N) is 1. The van der Waals surface area contributed by atoms with Crippen LogP contribution in [0.4, 0.5) is 24.5 Å². The van der Waals surface area contributed by atoms with Crippen LogP contribution in [0.15, 0.2) is 18.2 Å². The van der Waals surface area contributed by atoms with E-state index in [1.807, 2.05) is 0 Å². The number of nitrogens with one attached hydrogen (secondary N) is 1. The number of hydrogen-bond donors (Lipinski definition) is 2. The van der Waals surface area contributed by atoms with E-state index < -0.39 is 11.7 Å². The summed E-state index contributed by atoms with van der Waals surface area (Å²) in [4.78, 5) is 0. The normalized spacial score (nSPS) is 24.2. The van der Waals surface area contributed by atoms with Crippen molar-refractivity contribution in [1.29, 1.82) is 0 Å². The van der Waals surface area contributed by atoms with Crippen molar-refractivity contribution in [3.8, 4) is 0 Å². The highest BCUT2D eigenvalue weighted by Crippen LogP contribution is 2.38. The van der Waals surface area contributed by atoms with Crippen molar-refractivity contribution in [2.45, 2.75) is 32.0 Å². The molecule has 1 fully saturated rings. The smallest absolute Gasteiger partial charge is 0.399 e. The zero-order chi connectivity index (χ0) is 12.6. The minimum atomic E-state index is -4.37. The SMILES string of the molecule is CC1CC(Nc2ccc(N)cc2C(F)(F)F)C1. The summed E-state index contributed by atoms with van der Waals surface area (Å²) in [7, 11) is 0. The molecule has 0 bridgehead atoms. The van der Waals surface area contributed by atoms with E-state index in [-0.39, 0.29) is 17.4 Å². The first-order chi connectivity index (χ1) is 7.86. The fraction of sp³-hybridized carbons (Fsp3) is 0.500. The summed E-state index contributed by atoms with van der Waals surface area (Å²) in [6.07, 6.45) is -2.53. The number of rotatable bonds is 2. The first-order valence-corrected chi connectivity index (χ1v) is 5.59. The Morgan fingerprint density at radius 3 is 2.47 bits per heavy atom. The van der Waals surface area contributed by atoms with Crippen molar-refractivity contribution >= 4 is 11.4 Å². The summed E-state index contributed by atoms with van der Waals surface area (Å²) < 4.78 is 38.3. The van der Waals surface area contributed by atoms with Crippen molar-refractivity contribution in [3.63, 3.8) is 0 Å². The number of halogens is 3. The second-order valence-corrected chi connectivity index (χ2v) is 4.72. The monoisotopic (exact) mass is 244 g/mol. The third kappa shape index (κ3) is 2.65. The molecule has 0 aliphatic heterocycles. The van der Waals surface area contributed by atoms with E-state index in [1.165, 1.54) is 12.1 Å². The molecule has 1 aromatic rings. The third-order valence-electron chi connectivity index (χ3n) is 3.08. The van der Waals surface area contributed by atoms with E-state index in [1.54, 1.807) is 0 Å². The second-order valence-electron chi connectivity index (χ2n) is 4.72. The summed E-state index contributed by atoms with van der Waals surface area (Å²) in [5.41, 5.74) is 4.97. The van der Waals surface area contributed by atoms with Crippen molar-refractivity contribution in [1.82, 2.24) is 0 Å². The van der Waals surface area contributed by atoms with Crippen LogP contribution in [0.25, 0.3) is 0 Å². The molecule has 5 heteroatoms. The molecule has 1 saturated carbocycles. The molecule has 0 spiro atoms. The van der Waals surface area contributed by atoms with Gasteiger partial charge in [-0.3, -0.25) is 0 Å². The average Bonchev–Trinajstić information content (AvgIpc) is 2.16. The van der Waals surface area contributed by atoms with Crippen LogP contribution in [0, 0.1) is 5.92 Å². The van der Waals surface area contributed by atoms with E-state index in [4.69, 9.17) is 5.73 Å². The zero-order valence-electron chi connectivity index (χ0n) is 9.51. The zero-order valence-corrected chi connectivity index (χ0v) is 9.51. The van der Waals surface area contributed by atoms with Gasteiger partial charge in [-0.05, 0) is 37.0 Å². The van der Waals surface area contributed by atoms with Gasteiger partial charge in [0.25, 0.3) is 0 Å². The number of benzene rings is 1. The highest BCUT2D eigenvalue weighted by Gasteiger charge is 2.35. The lowest BCUT2D eigenvalue weighted by Crippen LogP contribution is -2.34. The Morgan fingerprint density at radius 1 is 1.29 bits per heavy atom. The number of alkyl halides is 3. The van der Waals surface area contributed by atoms with Crippen molar-refractivity contribution in [2.75, 3.05) is 11.1 Å². The fourth-order valence-electron chi connectivity index (χ4n) is 2.16. The average molecular weight is 244 g/mol. The van der Waals surface area contributed by atoms with Crippen LogP contribution < -0.4 is 11.1 Å².